The Morgan fingerprint density at radius 2 is 2.21 bits per heavy atom. The van der Waals surface area contributed by atoms with E-state index in [0.29, 0.717) is 6.42 Å². The molecule has 0 aromatic rings. The smallest absolute Gasteiger partial charge is 0.859 e. The number of hydrogen-bond donors (Lipinski definition) is 1. The molecule has 0 aromatic heterocycles. The minimum atomic E-state index is -1.07. The molecule has 0 rings (SSSR count). The molecule has 0 saturated heterocycles. The van der Waals surface area contributed by atoms with Gasteiger partial charge in [-0.05, 0) is 11.8 Å². The van der Waals surface area contributed by atoms with Gasteiger partial charge in [0.2, 0.25) is 0 Å². The van der Waals surface area contributed by atoms with Crippen molar-refractivity contribution >= 4 is 11.9 Å². The van der Waals surface area contributed by atoms with Gasteiger partial charge in [-0.2, -0.15) is 0 Å². The van der Waals surface area contributed by atoms with Crippen molar-refractivity contribution in [3.63, 3.8) is 0 Å². The molecule has 4 nitrogen and oxygen atoms in total. The second-order valence-electron chi connectivity index (χ2n) is 2.84. The predicted molar refractivity (Wildman–Crippen MR) is 48.5 cm³/mol. The van der Waals surface area contributed by atoms with Crippen LogP contribution in [0.1, 0.15) is 20.3 Å². The van der Waals surface area contributed by atoms with Crippen molar-refractivity contribution in [3.05, 3.63) is 12.7 Å². The van der Waals surface area contributed by atoms with Gasteiger partial charge in [0, 0.05) is 0 Å². The van der Waals surface area contributed by atoms with Crippen molar-refractivity contribution in [3.8, 4) is 0 Å². The van der Waals surface area contributed by atoms with E-state index in [0.717, 1.165) is 6.08 Å². The third-order valence-corrected chi connectivity index (χ3v) is 1.88. The Morgan fingerprint density at radius 1 is 1.71 bits per heavy atom. The Labute approximate surface area is 106 Å². The molecule has 0 aromatic carbocycles. The fourth-order valence-electron chi connectivity index (χ4n) is 0.839. The molecule has 0 aliphatic rings. The summed E-state index contributed by atoms with van der Waals surface area (Å²) in [5, 5.41) is 19.5. The molecule has 0 fully saturated rings. The number of rotatable bonds is 5. The fraction of sp³-hybridized carbons (Fsp3) is 0.556. The van der Waals surface area contributed by atoms with Crippen LogP contribution in [0.5, 0.6) is 0 Å². The number of nitrogens with zero attached hydrogens (tertiary/aromatic N) is 1. The first-order chi connectivity index (χ1) is 6.02. The van der Waals surface area contributed by atoms with Crippen LogP contribution in [0, 0.1) is 5.92 Å². The summed E-state index contributed by atoms with van der Waals surface area (Å²) in [6.07, 6.45) is 1.68. The number of carboxylic acids is 1. The molecule has 14 heavy (non-hydrogen) atoms. The van der Waals surface area contributed by atoms with E-state index < -0.39 is 17.9 Å². The van der Waals surface area contributed by atoms with E-state index in [2.05, 4.69) is 11.6 Å². The van der Waals surface area contributed by atoms with Gasteiger partial charge in [-0.3, -0.25) is 4.99 Å². The summed E-state index contributed by atoms with van der Waals surface area (Å²) in [5.74, 6) is -1.78. The van der Waals surface area contributed by atoms with Crippen molar-refractivity contribution < 1.29 is 44.6 Å². The van der Waals surface area contributed by atoms with Gasteiger partial charge in [0.25, 0.3) is 0 Å². The molecule has 2 atom stereocenters. The molecule has 0 aliphatic carbocycles. The Hall–Kier alpha value is -0.320. The summed E-state index contributed by atoms with van der Waals surface area (Å²) in [6.45, 7) is 6.83. The summed E-state index contributed by atoms with van der Waals surface area (Å²) >= 11 is 0. The van der Waals surface area contributed by atoms with Crippen LogP contribution in [0.4, 0.5) is 0 Å². The molecule has 74 valence electrons. The molecular weight excluding hydrogens is 193 g/mol. The second kappa shape index (κ2) is 8.03. The third kappa shape index (κ3) is 5.42. The van der Waals surface area contributed by atoms with E-state index in [9.17, 15) is 9.90 Å². The number of aliphatic imine (C=N–C) groups is 1. The number of hydrogen-bond acceptors (Lipinski definition) is 3. The monoisotopic (exact) mass is 207 g/mol. The zero-order valence-electron chi connectivity index (χ0n) is 8.86. The van der Waals surface area contributed by atoms with Gasteiger partial charge in [0.1, 0.15) is 6.04 Å². The van der Waals surface area contributed by atoms with E-state index in [1.807, 2.05) is 6.92 Å². The van der Waals surface area contributed by atoms with Gasteiger partial charge in [0.05, 0.1) is 0 Å². The molecule has 0 saturated carbocycles. The zero-order chi connectivity index (χ0) is 10.4. The van der Waals surface area contributed by atoms with Gasteiger partial charge in [-0.15, -0.1) is 0 Å². The molecule has 0 aliphatic heterocycles. The summed E-state index contributed by atoms with van der Waals surface area (Å²) in [5.41, 5.74) is 0. The SMILES string of the molecule is C=CC([O-])=N[C@H](C(=O)O)[C@H](C)CC.[Na+]. The van der Waals surface area contributed by atoms with Gasteiger partial charge in [-0.1, -0.05) is 32.9 Å². The van der Waals surface area contributed by atoms with Crippen molar-refractivity contribution in [2.45, 2.75) is 26.3 Å². The zero-order valence-corrected chi connectivity index (χ0v) is 10.9. The molecule has 0 radical (unpaired) electrons. The van der Waals surface area contributed by atoms with E-state index in [4.69, 9.17) is 5.11 Å². The topological polar surface area (TPSA) is 72.7 Å². The minimum Gasteiger partial charge on any atom is -0.859 e. The van der Waals surface area contributed by atoms with Crippen molar-refractivity contribution in [2.75, 3.05) is 0 Å². The fourth-order valence-corrected chi connectivity index (χ4v) is 0.839. The van der Waals surface area contributed by atoms with Gasteiger partial charge in [0.15, 0.2) is 0 Å². The summed E-state index contributed by atoms with van der Waals surface area (Å²) in [6, 6.07) is -0.949. The Morgan fingerprint density at radius 3 is 2.50 bits per heavy atom. The van der Waals surface area contributed by atoms with Crippen molar-refractivity contribution in [1.82, 2.24) is 0 Å². The maximum absolute atomic E-state index is 10.8. The first kappa shape index (κ1) is 16.1. The van der Waals surface area contributed by atoms with Gasteiger partial charge >= 0.3 is 35.5 Å². The molecule has 0 unspecified atom stereocenters. The van der Waals surface area contributed by atoms with Crippen LogP contribution < -0.4 is 34.7 Å². The van der Waals surface area contributed by atoms with Crippen LogP contribution in [0.2, 0.25) is 0 Å². The third-order valence-electron chi connectivity index (χ3n) is 1.88. The number of aliphatic carboxylic acids is 1. The average molecular weight is 207 g/mol. The van der Waals surface area contributed by atoms with Crippen LogP contribution in [-0.4, -0.2) is 23.0 Å². The summed E-state index contributed by atoms with van der Waals surface area (Å²) in [7, 11) is 0. The molecule has 1 N–H and O–H groups in total. The first-order valence-corrected chi connectivity index (χ1v) is 4.13. The van der Waals surface area contributed by atoms with Crippen LogP contribution in [0.15, 0.2) is 17.6 Å². The van der Waals surface area contributed by atoms with Crippen molar-refractivity contribution in [1.29, 1.82) is 0 Å². The van der Waals surface area contributed by atoms with Crippen LogP contribution in [-0.2, 0) is 4.79 Å². The Balaban J connectivity index is 0. The standard InChI is InChI=1S/C9H15NO3.Na/c1-4-6(3)8(9(12)13)10-7(11)5-2;/h5-6,8H,2,4H2,1,3H3,(H,10,11)(H,12,13);/q;+1/p-1/t6-,8+;/m1./s1. The predicted octanol–water partition coefficient (Wildman–Crippen LogP) is -2.57. The van der Waals surface area contributed by atoms with Gasteiger partial charge < -0.3 is 10.2 Å². The largest absolute Gasteiger partial charge is 1.00 e. The molecular formula is C9H14NNaO3. The molecule has 0 amide bonds. The van der Waals surface area contributed by atoms with Crippen LogP contribution >= 0.6 is 0 Å². The van der Waals surface area contributed by atoms with Crippen LogP contribution in [0.3, 0.4) is 0 Å². The summed E-state index contributed by atoms with van der Waals surface area (Å²) in [4.78, 5) is 14.2. The van der Waals surface area contributed by atoms with Crippen molar-refractivity contribution in [2.24, 2.45) is 10.9 Å². The Kier molecular flexibility index (Phi) is 9.24. The summed E-state index contributed by atoms with van der Waals surface area (Å²) < 4.78 is 0. The van der Waals surface area contributed by atoms with E-state index in [1.54, 1.807) is 6.92 Å². The van der Waals surface area contributed by atoms with E-state index in [1.165, 1.54) is 0 Å². The molecule has 0 heterocycles. The first-order valence-electron chi connectivity index (χ1n) is 4.13. The molecule has 0 bridgehead atoms. The molecule has 5 heteroatoms. The number of carbonyl (C=O) groups is 1. The maximum Gasteiger partial charge on any atom is 1.00 e. The average Bonchev–Trinajstić information content (AvgIpc) is 2.11. The minimum absolute atomic E-state index is 0. The normalized spacial score (nSPS) is 15.1. The van der Waals surface area contributed by atoms with E-state index in [-0.39, 0.29) is 35.5 Å². The molecule has 0 spiro atoms. The quantitative estimate of drug-likeness (QED) is 0.306. The maximum atomic E-state index is 10.8. The second-order valence-corrected chi connectivity index (χ2v) is 2.84. The number of carboxylic acid groups (broad SMARTS) is 1. The van der Waals surface area contributed by atoms with Gasteiger partial charge in [-0.25, -0.2) is 4.79 Å². The van der Waals surface area contributed by atoms with Crippen LogP contribution in [0.25, 0.3) is 0 Å². The Bertz CT molecular complexity index is 228. The van der Waals surface area contributed by atoms with E-state index >= 15 is 0 Å².